The Kier molecular flexibility index (Phi) is 2.79. The van der Waals surface area contributed by atoms with Gasteiger partial charge in [0.1, 0.15) is 5.39 Å². The van der Waals surface area contributed by atoms with E-state index in [0.29, 0.717) is 11.3 Å². The summed E-state index contributed by atoms with van der Waals surface area (Å²) in [7, 11) is 2.85. The molecule has 0 atom stereocenters. The third-order valence-corrected chi connectivity index (χ3v) is 3.32. The van der Waals surface area contributed by atoms with E-state index in [1.165, 1.54) is 18.7 Å². The standard InChI is InChI=1S/C13H11N5O3/c1-17-10-8(11(19)18(2)13(17)21)9(15-12(20)16-10)7-4-3-5-14-6-7/h3-6H,1-2H3,(H,15,16,20)/p+1. The van der Waals surface area contributed by atoms with Crippen molar-refractivity contribution >= 4 is 11.0 Å². The summed E-state index contributed by atoms with van der Waals surface area (Å²) in [5.74, 6) is 0. The molecule has 8 heteroatoms. The van der Waals surface area contributed by atoms with E-state index in [4.69, 9.17) is 0 Å². The van der Waals surface area contributed by atoms with Crippen LogP contribution in [0.1, 0.15) is 0 Å². The van der Waals surface area contributed by atoms with Crippen LogP contribution in [0.2, 0.25) is 0 Å². The summed E-state index contributed by atoms with van der Waals surface area (Å²) in [6, 6.07) is 3.48. The molecule has 3 aromatic heterocycles. The molecule has 3 heterocycles. The molecule has 106 valence electrons. The summed E-state index contributed by atoms with van der Waals surface area (Å²) in [5, 5.41) is 0.193. The molecule has 0 aliphatic heterocycles. The quantitative estimate of drug-likeness (QED) is 0.607. The average molecular weight is 286 g/mol. The predicted octanol–water partition coefficient (Wildman–Crippen LogP) is -1.20. The zero-order chi connectivity index (χ0) is 15.1. The molecule has 0 amide bonds. The van der Waals surface area contributed by atoms with E-state index in [0.717, 1.165) is 4.57 Å². The molecular weight excluding hydrogens is 274 g/mol. The van der Waals surface area contributed by atoms with Crippen molar-refractivity contribution in [1.82, 2.24) is 19.1 Å². The number of aromatic amines is 2. The SMILES string of the molecule is Cn1c(=O)c2c(-c3ccc[nH+]c3)[nH]c(=O)nc2n(C)c1=O. The number of hydrogen-bond acceptors (Lipinski definition) is 4. The topological polar surface area (TPSA) is 104 Å². The maximum Gasteiger partial charge on any atom is 0.347 e. The molecule has 0 saturated carbocycles. The lowest BCUT2D eigenvalue weighted by atomic mass is 10.1. The van der Waals surface area contributed by atoms with Crippen molar-refractivity contribution in [2.75, 3.05) is 0 Å². The smallest absolute Gasteiger partial charge is 0.304 e. The van der Waals surface area contributed by atoms with Crippen LogP contribution >= 0.6 is 0 Å². The highest BCUT2D eigenvalue weighted by atomic mass is 16.2. The van der Waals surface area contributed by atoms with Crippen LogP contribution in [-0.4, -0.2) is 19.1 Å². The molecular formula is C13H12N5O3+. The summed E-state index contributed by atoms with van der Waals surface area (Å²) in [6.07, 6.45) is 3.36. The highest BCUT2D eigenvalue weighted by Crippen LogP contribution is 2.18. The van der Waals surface area contributed by atoms with Gasteiger partial charge in [0, 0.05) is 20.2 Å². The van der Waals surface area contributed by atoms with Gasteiger partial charge in [-0.15, -0.1) is 0 Å². The monoisotopic (exact) mass is 286 g/mol. The van der Waals surface area contributed by atoms with Gasteiger partial charge in [-0.05, 0) is 6.07 Å². The van der Waals surface area contributed by atoms with Crippen molar-refractivity contribution in [3.63, 3.8) is 0 Å². The van der Waals surface area contributed by atoms with Crippen molar-refractivity contribution < 1.29 is 4.98 Å². The molecule has 0 radical (unpaired) electrons. The molecule has 0 bridgehead atoms. The first kappa shape index (κ1) is 13.0. The maximum absolute atomic E-state index is 12.4. The van der Waals surface area contributed by atoms with Crippen LogP contribution in [0.5, 0.6) is 0 Å². The van der Waals surface area contributed by atoms with E-state index in [1.54, 1.807) is 24.5 Å². The molecule has 0 aliphatic rings. The Hall–Kier alpha value is -3.03. The molecule has 21 heavy (non-hydrogen) atoms. The van der Waals surface area contributed by atoms with Gasteiger partial charge in [-0.2, -0.15) is 4.98 Å². The molecule has 3 rings (SSSR count). The fourth-order valence-corrected chi connectivity index (χ4v) is 2.24. The Morgan fingerprint density at radius 1 is 1.19 bits per heavy atom. The fourth-order valence-electron chi connectivity index (χ4n) is 2.24. The fraction of sp³-hybridized carbons (Fsp3) is 0.154. The molecule has 0 aliphatic carbocycles. The number of rotatable bonds is 1. The van der Waals surface area contributed by atoms with Crippen molar-refractivity contribution in [3.8, 4) is 11.3 Å². The lowest BCUT2D eigenvalue weighted by Gasteiger charge is -2.08. The van der Waals surface area contributed by atoms with Gasteiger partial charge in [-0.3, -0.25) is 13.9 Å². The van der Waals surface area contributed by atoms with Gasteiger partial charge >= 0.3 is 11.4 Å². The summed E-state index contributed by atoms with van der Waals surface area (Å²) >= 11 is 0. The van der Waals surface area contributed by atoms with Gasteiger partial charge in [0.2, 0.25) is 0 Å². The number of aromatic nitrogens is 5. The minimum Gasteiger partial charge on any atom is -0.304 e. The van der Waals surface area contributed by atoms with Gasteiger partial charge in [0.15, 0.2) is 18.0 Å². The van der Waals surface area contributed by atoms with Crippen molar-refractivity contribution in [3.05, 3.63) is 55.8 Å². The number of hydrogen-bond donors (Lipinski definition) is 1. The second-order valence-corrected chi connectivity index (χ2v) is 4.61. The zero-order valence-electron chi connectivity index (χ0n) is 11.4. The maximum atomic E-state index is 12.4. The second-order valence-electron chi connectivity index (χ2n) is 4.61. The Morgan fingerprint density at radius 2 is 1.95 bits per heavy atom. The Labute approximate surface area is 117 Å². The molecule has 2 N–H and O–H groups in total. The number of fused-ring (bicyclic) bond motifs is 1. The van der Waals surface area contributed by atoms with Gasteiger partial charge < -0.3 is 4.98 Å². The van der Waals surface area contributed by atoms with E-state index in [2.05, 4.69) is 15.0 Å². The molecule has 8 nitrogen and oxygen atoms in total. The minimum atomic E-state index is -0.621. The lowest BCUT2D eigenvalue weighted by molar-refractivity contribution is -0.377. The zero-order valence-corrected chi connectivity index (χ0v) is 11.4. The minimum absolute atomic E-state index is 0.0608. The van der Waals surface area contributed by atoms with Gasteiger partial charge in [-0.25, -0.2) is 14.6 Å². The van der Waals surface area contributed by atoms with Crippen LogP contribution in [0, 0.1) is 0 Å². The number of pyridine rings is 1. The second kappa shape index (κ2) is 4.51. The summed E-state index contributed by atoms with van der Waals surface area (Å²) in [5.41, 5.74) is -0.641. The average Bonchev–Trinajstić information content (AvgIpc) is 2.51. The number of aryl methyl sites for hydroxylation is 1. The highest BCUT2D eigenvalue weighted by molar-refractivity contribution is 5.88. The third kappa shape index (κ3) is 1.88. The Bertz CT molecular complexity index is 1010. The molecule has 0 unspecified atom stereocenters. The van der Waals surface area contributed by atoms with Gasteiger partial charge in [-0.1, -0.05) is 0 Å². The lowest BCUT2D eigenvalue weighted by Crippen LogP contribution is -2.38. The summed E-state index contributed by atoms with van der Waals surface area (Å²) < 4.78 is 2.17. The van der Waals surface area contributed by atoms with E-state index in [9.17, 15) is 14.4 Å². The van der Waals surface area contributed by atoms with E-state index < -0.39 is 16.9 Å². The summed E-state index contributed by atoms with van der Waals surface area (Å²) in [6.45, 7) is 0. The van der Waals surface area contributed by atoms with Crippen LogP contribution < -0.4 is 21.9 Å². The van der Waals surface area contributed by atoms with Crippen LogP contribution in [0.25, 0.3) is 22.3 Å². The van der Waals surface area contributed by atoms with E-state index in [-0.39, 0.29) is 11.0 Å². The van der Waals surface area contributed by atoms with E-state index >= 15 is 0 Å². The summed E-state index contributed by atoms with van der Waals surface area (Å²) in [4.78, 5) is 45.3. The number of nitrogens with zero attached hydrogens (tertiary/aromatic N) is 3. The van der Waals surface area contributed by atoms with Crippen molar-refractivity contribution in [2.24, 2.45) is 14.1 Å². The predicted molar refractivity (Wildman–Crippen MR) is 74.8 cm³/mol. The Balaban J connectivity index is 2.62. The van der Waals surface area contributed by atoms with Crippen molar-refractivity contribution in [2.45, 2.75) is 0 Å². The normalized spacial score (nSPS) is 11.0. The van der Waals surface area contributed by atoms with Crippen LogP contribution in [-0.2, 0) is 14.1 Å². The molecule has 0 saturated heterocycles. The first-order valence-electron chi connectivity index (χ1n) is 6.17. The van der Waals surface area contributed by atoms with Crippen LogP contribution in [0.15, 0.2) is 38.9 Å². The number of nitrogens with one attached hydrogen (secondary N) is 2. The van der Waals surface area contributed by atoms with E-state index in [1.807, 2.05) is 0 Å². The molecule has 0 fully saturated rings. The van der Waals surface area contributed by atoms with Crippen LogP contribution in [0.4, 0.5) is 0 Å². The first-order valence-corrected chi connectivity index (χ1v) is 6.17. The van der Waals surface area contributed by atoms with Crippen LogP contribution in [0.3, 0.4) is 0 Å². The highest BCUT2D eigenvalue weighted by Gasteiger charge is 2.17. The van der Waals surface area contributed by atoms with Gasteiger partial charge in [0.25, 0.3) is 5.56 Å². The molecule has 3 aromatic rings. The Morgan fingerprint density at radius 3 is 2.62 bits per heavy atom. The molecule has 0 aromatic carbocycles. The van der Waals surface area contributed by atoms with Crippen molar-refractivity contribution in [1.29, 1.82) is 0 Å². The number of H-pyrrole nitrogens is 2. The third-order valence-electron chi connectivity index (χ3n) is 3.32. The van der Waals surface area contributed by atoms with Gasteiger partial charge in [0.05, 0.1) is 11.3 Å². The largest absolute Gasteiger partial charge is 0.347 e. The first-order chi connectivity index (χ1) is 10.0. The molecule has 0 spiro atoms.